The molecule has 2 aromatic carbocycles. The van der Waals surface area contributed by atoms with E-state index in [1.165, 1.54) is 17.7 Å². The van der Waals surface area contributed by atoms with Crippen LogP contribution in [0.4, 0.5) is 10.1 Å². The second-order valence-corrected chi connectivity index (χ2v) is 5.83. The number of hydrogen-bond donors (Lipinski definition) is 2. The first-order valence-corrected chi connectivity index (χ1v) is 7.67. The second kappa shape index (κ2) is 6.90. The Morgan fingerprint density at radius 2 is 1.82 bits per heavy atom. The molecule has 0 amide bonds. The largest absolute Gasteiger partial charge is 0.390 e. The number of rotatable bonds is 4. The van der Waals surface area contributed by atoms with Gasteiger partial charge in [-0.3, -0.25) is 4.90 Å². The van der Waals surface area contributed by atoms with E-state index in [1.54, 1.807) is 12.1 Å². The summed E-state index contributed by atoms with van der Waals surface area (Å²) in [6.07, 6.45) is 0.438. The zero-order valence-electron chi connectivity index (χ0n) is 12.5. The number of halogens is 1. The summed E-state index contributed by atoms with van der Waals surface area (Å²) in [7, 11) is 0. The molecule has 0 aromatic heterocycles. The summed E-state index contributed by atoms with van der Waals surface area (Å²) in [5.74, 6) is -0.247. The van der Waals surface area contributed by atoms with Crippen molar-refractivity contribution in [2.45, 2.75) is 25.1 Å². The molecule has 0 bridgehead atoms. The molecule has 0 unspecified atom stereocenters. The van der Waals surface area contributed by atoms with Crippen LogP contribution >= 0.6 is 0 Å². The molecule has 1 heterocycles. The summed E-state index contributed by atoms with van der Waals surface area (Å²) in [4.78, 5) is 2.27. The van der Waals surface area contributed by atoms with Gasteiger partial charge in [0.2, 0.25) is 0 Å². The molecule has 1 fully saturated rings. The highest BCUT2D eigenvalue weighted by Crippen LogP contribution is 2.19. The van der Waals surface area contributed by atoms with Crippen molar-refractivity contribution in [2.75, 3.05) is 18.4 Å². The quantitative estimate of drug-likeness (QED) is 0.911. The molecule has 1 aliphatic heterocycles. The van der Waals surface area contributed by atoms with Crippen LogP contribution in [0.25, 0.3) is 0 Å². The summed E-state index contributed by atoms with van der Waals surface area (Å²) < 4.78 is 12.9. The molecule has 3 rings (SSSR count). The van der Waals surface area contributed by atoms with Gasteiger partial charge >= 0.3 is 0 Å². The lowest BCUT2D eigenvalue weighted by Crippen LogP contribution is -2.49. The van der Waals surface area contributed by atoms with Gasteiger partial charge in [0.15, 0.2) is 0 Å². The van der Waals surface area contributed by atoms with Gasteiger partial charge in [0, 0.05) is 25.3 Å². The van der Waals surface area contributed by atoms with Gasteiger partial charge in [-0.05, 0) is 36.2 Å². The molecule has 1 aliphatic rings. The van der Waals surface area contributed by atoms with Crippen molar-refractivity contribution in [3.05, 3.63) is 66.0 Å². The molecule has 4 heteroatoms. The number of hydrogen-bond acceptors (Lipinski definition) is 3. The fraction of sp³-hybridized carbons (Fsp3) is 0.333. The smallest absolute Gasteiger partial charge is 0.123 e. The van der Waals surface area contributed by atoms with Crippen LogP contribution in [0.5, 0.6) is 0 Å². The van der Waals surface area contributed by atoms with Crippen LogP contribution in [0.2, 0.25) is 0 Å². The first-order chi connectivity index (χ1) is 10.7. The average molecular weight is 300 g/mol. The van der Waals surface area contributed by atoms with Crippen LogP contribution in [-0.2, 0) is 6.54 Å². The maximum atomic E-state index is 12.9. The van der Waals surface area contributed by atoms with Crippen molar-refractivity contribution < 1.29 is 9.50 Å². The van der Waals surface area contributed by atoms with Crippen LogP contribution < -0.4 is 5.32 Å². The Kier molecular flexibility index (Phi) is 4.71. The zero-order valence-corrected chi connectivity index (χ0v) is 12.5. The van der Waals surface area contributed by atoms with E-state index in [1.807, 2.05) is 18.2 Å². The number of anilines is 1. The molecule has 0 radical (unpaired) electrons. The minimum absolute atomic E-state index is 0.0116. The fourth-order valence-electron chi connectivity index (χ4n) is 2.91. The van der Waals surface area contributed by atoms with Crippen molar-refractivity contribution in [2.24, 2.45) is 0 Å². The van der Waals surface area contributed by atoms with Gasteiger partial charge in [-0.15, -0.1) is 0 Å². The van der Waals surface area contributed by atoms with Gasteiger partial charge in [-0.1, -0.05) is 30.3 Å². The minimum Gasteiger partial charge on any atom is -0.390 e. The number of aliphatic hydroxyl groups is 1. The standard InChI is InChI=1S/C18H21FN2O/c19-15-6-8-16(9-7-15)20-17-10-11-21(13-18(17)22)12-14-4-2-1-3-5-14/h1-9,17-18,20,22H,10-13H2/t17-,18-/m0/s1. The molecule has 116 valence electrons. The topological polar surface area (TPSA) is 35.5 Å². The molecular weight excluding hydrogens is 279 g/mol. The SMILES string of the molecule is O[C@H]1CN(Cc2ccccc2)CC[C@@H]1Nc1ccc(F)cc1. The number of β-amino-alcohol motifs (C(OH)–C–C–N with tert-alkyl or cyclic N) is 1. The highest BCUT2D eigenvalue weighted by molar-refractivity contribution is 5.44. The summed E-state index contributed by atoms with van der Waals surface area (Å²) in [5.41, 5.74) is 2.11. The lowest BCUT2D eigenvalue weighted by atomic mass is 10.0. The highest BCUT2D eigenvalue weighted by atomic mass is 19.1. The normalized spacial score (nSPS) is 22.5. The van der Waals surface area contributed by atoms with Gasteiger partial charge in [0.05, 0.1) is 12.1 Å². The first kappa shape index (κ1) is 15.0. The maximum Gasteiger partial charge on any atom is 0.123 e. The van der Waals surface area contributed by atoms with E-state index in [0.29, 0.717) is 6.54 Å². The van der Waals surface area contributed by atoms with E-state index >= 15 is 0 Å². The average Bonchev–Trinajstić information content (AvgIpc) is 2.53. The van der Waals surface area contributed by atoms with Crippen LogP contribution in [0, 0.1) is 5.82 Å². The van der Waals surface area contributed by atoms with Crippen molar-refractivity contribution >= 4 is 5.69 Å². The third-order valence-corrected chi connectivity index (χ3v) is 4.11. The van der Waals surface area contributed by atoms with E-state index < -0.39 is 6.10 Å². The fourth-order valence-corrected chi connectivity index (χ4v) is 2.91. The summed E-state index contributed by atoms with van der Waals surface area (Å²) in [6, 6.07) is 16.6. The predicted molar refractivity (Wildman–Crippen MR) is 86.2 cm³/mol. The summed E-state index contributed by atoms with van der Waals surface area (Å²) in [5, 5.41) is 13.7. The molecule has 0 aliphatic carbocycles. The predicted octanol–water partition coefficient (Wildman–Crippen LogP) is 2.87. The Morgan fingerprint density at radius 1 is 1.09 bits per heavy atom. The van der Waals surface area contributed by atoms with Crippen LogP contribution in [0.15, 0.2) is 54.6 Å². The van der Waals surface area contributed by atoms with E-state index in [4.69, 9.17) is 0 Å². The van der Waals surface area contributed by atoms with Gasteiger partial charge in [-0.25, -0.2) is 4.39 Å². The molecule has 2 aromatic rings. The second-order valence-electron chi connectivity index (χ2n) is 5.83. The van der Waals surface area contributed by atoms with Crippen molar-refractivity contribution in [3.8, 4) is 0 Å². The monoisotopic (exact) mass is 300 g/mol. The van der Waals surface area contributed by atoms with E-state index in [2.05, 4.69) is 22.3 Å². The number of piperidine rings is 1. The summed E-state index contributed by atoms with van der Waals surface area (Å²) in [6.45, 7) is 2.44. The first-order valence-electron chi connectivity index (χ1n) is 7.67. The Hall–Kier alpha value is -1.91. The van der Waals surface area contributed by atoms with Crippen LogP contribution in [0.1, 0.15) is 12.0 Å². The zero-order chi connectivity index (χ0) is 15.4. The molecule has 2 atom stereocenters. The Balaban J connectivity index is 1.54. The minimum atomic E-state index is -0.428. The Bertz CT molecular complexity index is 588. The Morgan fingerprint density at radius 3 is 2.50 bits per heavy atom. The van der Waals surface area contributed by atoms with Gasteiger partial charge in [0.1, 0.15) is 5.82 Å². The molecule has 2 N–H and O–H groups in total. The van der Waals surface area contributed by atoms with E-state index in [-0.39, 0.29) is 11.9 Å². The molecule has 22 heavy (non-hydrogen) atoms. The molecule has 3 nitrogen and oxygen atoms in total. The molecular formula is C18H21FN2O. The third kappa shape index (κ3) is 3.84. The number of likely N-dealkylation sites (tertiary alicyclic amines) is 1. The molecule has 1 saturated heterocycles. The van der Waals surface area contributed by atoms with Gasteiger partial charge in [-0.2, -0.15) is 0 Å². The molecule has 0 spiro atoms. The number of aliphatic hydroxyl groups excluding tert-OH is 1. The highest BCUT2D eigenvalue weighted by Gasteiger charge is 2.27. The number of benzene rings is 2. The maximum absolute atomic E-state index is 12.9. The van der Waals surface area contributed by atoms with E-state index in [0.717, 1.165) is 25.2 Å². The van der Waals surface area contributed by atoms with Gasteiger partial charge < -0.3 is 10.4 Å². The lowest BCUT2D eigenvalue weighted by Gasteiger charge is -2.36. The lowest BCUT2D eigenvalue weighted by molar-refractivity contribution is 0.0562. The Labute approximate surface area is 130 Å². The molecule has 0 saturated carbocycles. The van der Waals surface area contributed by atoms with Crippen LogP contribution in [0.3, 0.4) is 0 Å². The number of nitrogens with one attached hydrogen (secondary N) is 1. The van der Waals surface area contributed by atoms with E-state index in [9.17, 15) is 9.50 Å². The van der Waals surface area contributed by atoms with Gasteiger partial charge in [0.25, 0.3) is 0 Å². The van der Waals surface area contributed by atoms with Crippen molar-refractivity contribution in [1.29, 1.82) is 0 Å². The van der Waals surface area contributed by atoms with Crippen LogP contribution in [-0.4, -0.2) is 35.2 Å². The summed E-state index contributed by atoms with van der Waals surface area (Å²) >= 11 is 0. The van der Waals surface area contributed by atoms with Crippen molar-refractivity contribution in [3.63, 3.8) is 0 Å². The number of nitrogens with zero attached hydrogens (tertiary/aromatic N) is 1. The van der Waals surface area contributed by atoms with Crippen molar-refractivity contribution in [1.82, 2.24) is 4.90 Å². The third-order valence-electron chi connectivity index (χ3n) is 4.11.